The fourth-order valence-corrected chi connectivity index (χ4v) is 3.98. The quantitative estimate of drug-likeness (QED) is 0.724. The first-order valence-corrected chi connectivity index (χ1v) is 10.5. The molecule has 0 saturated carbocycles. The van der Waals surface area contributed by atoms with Gasteiger partial charge in [-0.2, -0.15) is 0 Å². The number of nitrogens with zero attached hydrogens (tertiary/aromatic N) is 2. The summed E-state index contributed by atoms with van der Waals surface area (Å²) < 4.78 is 10.9. The van der Waals surface area contributed by atoms with Crippen molar-refractivity contribution >= 4 is 5.91 Å². The first kappa shape index (κ1) is 22.1. The third-order valence-corrected chi connectivity index (χ3v) is 5.88. The second-order valence-electron chi connectivity index (χ2n) is 7.77. The number of ether oxygens (including phenoxy) is 2. The van der Waals surface area contributed by atoms with Gasteiger partial charge in [0.05, 0.1) is 26.3 Å². The molecule has 162 valence electrons. The summed E-state index contributed by atoms with van der Waals surface area (Å²) in [6.45, 7) is 8.44. The number of carbonyl (C=O) groups excluding carboxylic acids is 1. The van der Waals surface area contributed by atoms with E-state index >= 15 is 0 Å². The van der Waals surface area contributed by atoms with Gasteiger partial charge in [-0.1, -0.05) is 36.4 Å². The molecule has 1 amide bonds. The summed E-state index contributed by atoms with van der Waals surface area (Å²) >= 11 is 0. The zero-order valence-electron chi connectivity index (χ0n) is 18.4. The molecule has 1 aliphatic rings. The number of nitrogens with one attached hydrogen (secondary N) is 1. The van der Waals surface area contributed by atoms with Gasteiger partial charge in [0.2, 0.25) is 5.91 Å². The Labute approximate surface area is 179 Å². The Hall–Kier alpha value is -2.57. The maximum atomic E-state index is 12.9. The summed E-state index contributed by atoms with van der Waals surface area (Å²) in [6.07, 6.45) is 0. The number of hydrogen-bond acceptors (Lipinski definition) is 5. The highest BCUT2D eigenvalue weighted by atomic mass is 16.5. The van der Waals surface area contributed by atoms with Crippen molar-refractivity contribution < 1.29 is 14.3 Å². The molecule has 1 fully saturated rings. The molecule has 1 heterocycles. The monoisotopic (exact) mass is 411 g/mol. The van der Waals surface area contributed by atoms with Crippen LogP contribution in [0.1, 0.15) is 31.0 Å². The Bertz CT molecular complexity index is 834. The average molecular weight is 412 g/mol. The van der Waals surface area contributed by atoms with E-state index in [1.54, 1.807) is 14.2 Å². The highest BCUT2D eigenvalue weighted by molar-refractivity contribution is 5.81. The second kappa shape index (κ2) is 10.5. The van der Waals surface area contributed by atoms with E-state index in [-0.39, 0.29) is 18.0 Å². The minimum absolute atomic E-state index is 0.0478. The number of benzene rings is 2. The minimum atomic E-state index is -0.171. The zero-order chi connectivity index (χ0) is 21.5. The molecule has 2 atom stereocenters. The highest BCUT2D eigenvalue weighted by Gasteiger charge is 2.27. The number of methoxy groups -OCH3 is 2. The Morgan fingerprint density at radius 3 is 2.20 bits per heavy atom. The third-order valence-electron chi connectivity index (χ3n) is 5.88. The first-order chi connectivity index (χ1) is 14.5. The van der Waals surface area contributed by atoms with E-state index < -0.39 is 0 Å². The maximum absolute atomic E-state index is 12.9. The molecule has 1 N–H and O–H groups in total. The molecular weight excluding hydrogens is 378 g/mol. The molecule has 3 rings (SSSR count). The third kappa shape index (κ3) is 5.32. The van der Waals surface area contributed by atoms with Gasteiger partial charge in [0.25, 0.3) is 0 Å². The van der Waals surface area contributed by atoms with Crippen LogP contribution < -0.4 is 14.8 Å². The van der Waals surface area contributed by atoms with Crippen molar-refractivity contribution in [2.24, 2.45) is 0 Å². The van der Waals surface area contributed by atoms with Gasteiger partial charge >= 0.3 is 0 Å². The van der Waals surface area contributed by atoms with Gasteiger partial charge in [-0.3, -0.25) is 14.6 Å². The number of rotatable bonds is 8. The molecule has 1 aliphatic heterocycles. The van der Waals surface area contributed by atoms with Crippen LogP contribution in [0.25, 0.3) is 0 Å². The number of hydrogen-bond donors (Lipinski definition) is 1. The molecule has 0 spiro atoms. The minimum Gasteiger partial charge on any atom is -0.496 e. The predicted molar refractivity (Wildman–Crippen MR) is 119 cm³/mol. The molecule has 0 aliphatic carbocycles. The van der Waals surface area contributed by atoms with Crippen molar-refractivity contribution in [3.8, 4) is 11.5 Å². The van der Waals surface area contributed by atoms with Gasteiger partial charge in [-0.05, 0) is 26.0 Å². The Balaban J connectivity index is 1.52. The number of carbonyl (C=O) groups is 1. The summed E-state index contributed by atoms with van der Waals surface area (Å²) in [5.41, 5.74) is 2.19. The lowest BCUT2D eigenvalue weighted by molar-refractivity contribution is -0.127. The van der Waals surface area contributed by atoms with E-state index in [4.69, 9.17) is 9.47 Å². The van der Waals surface area contributed by atoms with Crippen LogP contribution in [-0.4, -0.2) is 62.1 Å². The molecular formula is C24H33N3O3. The Morgan fingerprint density at radius 1 is 0.933 bits per heavy atom. The topological polar surface area (TPSA) is 54.0 Å². The van der Waals surface area contributed by atoms with Gasteiger partial charge in [0.15, 0.2) is 0 Å². The zero-order valence-corrected chi connectivity index (χ0v) is 18.4. The van der Waals surface area contributed by atoms with Crippen molar-refractivity contribution in [1.82, 2.24) is 15.1 Å². The van der Waals surface area contributed by atoms with E-state index in [2.05, 4.69) is 21.2 Å². The number of para-hydroxylation sites is 2. The van der Waals surface area contributed by atoms with Gasteiger partial charge in [0.1, 0.15) is 11.5 Å². The van der Waals surface area contributed by atoms with E-state index in [1.165, 1.54) is 5.56 Å². The van der Waals surface area contributed by atoms with Crippen LogP contribution in [0.4, 0.5) is 0 Å². The van der Waals surface area contributed by atoms with Crippen LogP contribution in [0, 0.1) is 0 Å². The van der Waals surface area contributed by atoms with Crippen LogP contribution in [-0.2, 0) is 11.3 Å². The molecule has 0 aromatic heterocycles. The summed E-state index contributed by atoms with van der Waals surface area (Å²) in [4.78, 5) is 17.5. The van der Waals surface area contributed by atoms with Gasteiger partial charge in [0, 0.05) is 43.9 Å². The summed E-state index contributed by atoms with van der Waals surface area (Å²) in [5.74, 6) is 1.77. The van der Waals surface area contributed by atoms with E-state index in [0.29, 0.717) is 0 Å². The van der Waals surface area contributed by atoms with Crippen LogP contribution in [0.5, 0.6) is 11.5 Å². The highest BCUT2D eigenvalue weighted by Crippen LogP contribution is 2.25. The molecule has 2 aromatic carbocycles. The van der Waals surface area contributed by atoms with Gasteiger partial charge < -0.3 is 14.8 Å². The summed E-state index contributed by atoms with van der Waals surface area (Å²) in [7, 11) is 3.36. The molecule has 0 bridgehead atoms. The van der Waals surface area contributed by atoms with Gasteiger partial charge in [-0.15, -0.1) is 0 Å². The largest absolute Gasteiger partial charge is 0.496 e. The van der Waals surface area contributed by atoms with Crippen molar-refractivity contribution in [3.63, 3.8) is 0 Å². The molecule has 2 unspecified atom stereocenters. The fourth-order valence-electron chi connectivity index (χ4n) is 3.98. The predicted octanol–water partition coefficient (Wildman–Crippen LogP) is 3.09. The van der Waals surface area contributed by atoms with Crippen LogP contribution in [0.3, 0.4) is 0 Å². The lowest BCUT2D eigenvalue weighted by atomic mass is 10.1. The normalized spacial score (nSPS) is 17.2. The molecule has 2 aromatic rings. The van der Waals surface area contributed by atoms with Crippen molar-refractivity contribution in [3.05, 3.63) is 59.7 Å². The molecule has 6 nitrogen and oxygen atoms in total. The number of amides is 1. The van der Waals surface area contributed by atoms with Crippen molar-refractivity contribution in [1.29, 1.82) is 0 Å². The maximum Gasteiger partial charge on any atom is 0.237 e. The van der Waals surface area contributed by atoms with Crippen LogP contribution >= 0.6 is 0 Å². The lowest BCUT2D eigenvalue weighted by Gasteiger charge is -2.37. The molecule has 30 heavy (non-hydrogen) atoms. The molecule has 1 saturated heterocycles. The first-order valence-electron chi connectivity index (χ1n) is 10.5. The average Bonchev–Trinajstić information content (AvgIpc) is 2.79. The SMILES string of the molecule is COc1ccccc1CN1CCN(C(C)C(=O)NC(C)c2ccccc2OC)CC1. The van der Waals surface area contributed by atoms with E-state index in [0.717, 1.165) is 49.8 Å². The van der Waals surface area contributed by atoms with Crippen LogP contribution in [0.15, 0.2) is 48.5 Å². The molecule has 6 heteroatoms. The molecule has 0 radical (unpaired) electrons. The second-order valence-corrected chi connectivity index (χ2v) is 7.77. The smallest absolute Gasteiger partial charge is 0.237 e. The van der Waals surface area contributed by atoms with Crippen LogP contribution in [0.2, 0.25) is 0 Å². The standard InChI is InChI=1S/C24H33N3O3/c1-18(21-10-6-8-12-23(21)30-4)25-24(28)19(2)27-15-13-26(14-16-27)17-20-9-5-7-11-22(20)29-3/h5-12,18-19H,13-17H2,1-4H3,(H,25,28). The van der Waals surface area contributed by atoms with E-state index in [1.807, 2.05) is 56.3 Å². The summed E-state index contributed by atoms with van der Waals surface area (Å²) in [6, 6.07) is 15.7. The number of piperazine rings is 1. The van der Waals surface area contributed by atoms with Crippen molar-refractivity contribution in [2.75, 3.05) is 40.4 Å². The Morgan fingerprint density at radius 2 is 1.53 bits per heavy atom. The van der Waals surface area contributed by atoms with Crippen molar-refractivity contribution in [2.45, 2.75) is 32.5 Å². The van der Waals surface area contributed by atoms with E-state index in [9.17, 15) is 4.79 Å². The van der Waals surface area contributed by atoms with Gasteiger partial charge in [-0.25, -0.2) is 0 Å². The fraction of sp³-hybridized carbons (Fsp3) is 0.458. The Kier molecular flexibility index (Phi) is 7.71. The summed E-state index contributed by atoms with van der Waals surface area (Å²) in [5, 5.41) is 3.14. The lowest BCUT2D eigenvalue weighted by Crippen LogP contribution is -2.53.